The summed E-state index contributed by atoms with van der Waals surface area (Å²) in [7, 11) is 1.57. The molecule has 3 aromatic rings. The number of carbonyl (C=O) groups excluding carboxylic acids is 2. The number of aromatic nitrogens is 3. The van der Waals surface area contributed by atoms with E-state index < -0.39 is 0 Å². The Hall–Kier alpha value is -3.44. The third kappa shape index (κ3) is 6.17. The van der Waals surface area contributed by atoms with Crippen LogP contribution >= 0.6 is 11.8 Å². The minimum Gasteiger partial charge on any atom is -0.378 e. The smallest absolute Gasteiger partial charge is 0.243 e. The molecule has 4 rings (SSSR count). The van der Waals surface area contributed by atoms with Gasteiger partial charge in [0.1, 0.15) is 5.82 Å². The fourth-order valence-electron chi connectivity index (χ4n) is 3.62. The number of morpholine rings is 1. The zero-order chi connectivity index (χ0) is 24.8. The number of nitrogens with zero attached hydrogens (tertiary/aromatic N) is 5. The summed E-state index contributed by atoms with van der Waals surface area (Å²) in [6.45, 7) is 4.55. The number of ether oxygens (including phenoxy) is 1. The number of halogens is 1. The highest BCUT2D eigenvalue weighted by molar-refractivity contribution is 7.99. The lowest BCUT2D eigenvalue weighted by molar-refractivity contribution is -0.131. The van der Waals surface area contributed by atoms with Gasteiger partial charge in [-0.3, -0.25) is 14.2 Å². The van der Waals surface area contributed by atoms with Crippen molar-refractivity contribution in [2.45, 2.75) is 12.1 Å². The lowest BCUT2D eigenvalue weighted by Crippen LogP contribution is -2.38. The van der Waals surface area contributed by atoms with E-state index in [0.29, 0.717) is 43.1 Å². The number of likely N-dealkylation sites (N-methyl/N-ethyl adjacent to an activating group) is 1. The molecule has 1 saturated heterocycles. The number of hydrogen-bond donors (Lipinski definition) is 1. The Morgan fingerprint density at radius 3 is 2.54 bits per heavy atom. The van der Waals surface area contributed by atoms with E-state index in [1.54, 1.807) is 7.05 Å². The quantitative estimate of drug-likeness (QED) is 0.478. The first-order valence-electron chi connectivity index (χ1n) is 11.2. The first-order chi connectivity index (χ1) is 16.9. The van der Waals surface area contributed by atoms with Crippen LogP contribution in [0.5, 0.6) is 0 Å². The van der Waals surface area contributed by atoms with Gasteiger partial charge in [0.05, 0.1) is 31.2 Å². The van der Waals surface area contributed by atoms with Crippen molar-refractivity contribution in [3.63, 3.8) is 0 Å². The predicted molar refractivity (Wildman–Crippen MR) is 133 cm³/mol. The molecule has 184 valence electrons. The molecule has 2 heterocycles. The number of hydrogen-bond acceptors (Lipinski definition) is 7. The molecule has 0 aliphatic carbocycles. The van der Waals surface area contributed by atoms with Gasteiger partial charge in [0, 0.05) is 25.8 Å². The molecule has 0 unspecified atom stereocenters. The molecule has 1 aliphatic rings. The van der Waals surface area contributed by atoms with Crippen LogP contribution in [0.1, 0.15) is 5.56 Å². The number of benzene rings is 2. The SMILES string of the molecule is Cc1ccccc1-n1c(SCC(=O)N(C)CC(=O)Nc2ccc(F)cc2)nnc1N1CCOCC1. The summed E-state index contributed by atoms with van der Waals surface area (Å²) >= 11 is 1.27. The molecule has 35 heavy (non-hydrogen) atoms. The zero-order valence-corrected chi connectivity index (χ0v) is 20.4. The number of aryl methyl sites for hydroxylation is 1. The van der Waals surface area contributed by atoms with Crippen LogP contribution in [0.25, 0.3) is 5.69 Å². The fourth-order valence-corrected chi connectivity index (χ4v) is 4.50. The van der Waals surface area contributed by atoms with Crippen LogP contribution in [0, 0.1) is 12.7 Å². The maximum absolute atomic E-state index is 13.0. The van der Waals surface area contributed by atoms with Gasteiger partial charge >= 0.3 is 0 Å². The Balaban J connectivity index is 1.43. The van der Waals surface area contributed by atoms with Crippen molar-refractivity contribution >= 4 is 35.2 Å². The normalized spacial score (nSPS) is 13.5. The molecule has 11 heteroatoms. The number of nitrogens with one attached hydrogen (secondary N) is 1. The van der Waals surface area contributed by atoms with Gasteiger partial charge in [0.2, 0.25) is 17.8 Å². The van der Waals surface area contributed by atoms with Crippen LogP contribution in [-0.2, 0) is 14.3 Å². The number of carbonyl (C=O) groups is 2. The Morgan fingerprint density at radius 1 is 1.11 bits per heavy atom. The summed E-state index contributed by atoms with van der Waals surface area (Å²) in [6.07, 6.45) is 0. The summed E-state index contributed by atoms with van der Waals surface area (Å²) in [5.41, 5.74) is 2.47. The minimum atomic E-state index is -0.386. The summed E-state index contributed by atoms with van der Waals surface area (Å²) < 4.78 is 20.5. The molecular formula is C24H27FN6O3S. The van der Waals surface area contributed by atoms with Crippen LogP contribution in [0.3, 0.4) is 0 Å². The van der Waals surface area contributed by atoms with Crippen molar-refractivity contribution in [2.75, 3.05) is 55.9 Å². The van der Waals surface area contributed by atoms with Crippen LogP contribution in [0.4, 0.5) is 16.0 Å². The average molecular weight is 499 g/mol. The Bertz CT molecular complexity index is 1180. The summed E-state index contributed by atoms with van der Waals surface area (Å²) in [6, 6.07) is 13.4. The molecule has 1 aromatic heterocycles. The van der Waals surface area contributed by atoms with Crippen molar-refractivity contribution in [2.24, 2.45) is 0 Å². The third-order valence-corrected chi connectivity index (χ3v) is 6.44. The Kier molecular flexibility index (Phi) is 7.98. The van der Waals surface area contributed by atoms with E-state index in [9.17, 15) is 14.0 Å². The maximum Gasteiger partial charge on any atom is 0.243 e. The van der Waals surface area contributed by atoms with Crippen molar-refractivity contribution in [1.29, 1.82) is 0 Å². The van der Waals surface area contributed by atoms with Crippen molar-refractivity contribution in [1.82, 2.24) is 19.7 Å². The average Bonchev–Trinajstić information content (AvgIpc) is 3.28. The fraction of sp³-hybridized carbons (Fsp3) is 0.333. The first kappa shape index (κ1) is 24.7. The first-order valence-corrected chi connectivity index (χ1v) is 12.2. The summed E-state index contributed by atoms with van der Waals surface area (Å²) in [5.74, 6) is -0.174. The van der Waals surface area contributed by atoms with Gasteiger partial charge in [-0.05, 0) is 42.8 Å². The van der Waals surface area contributed by atoms with E-state index in [1.165, 1.54) is 40.9 Å². The monoisotopic (exact) mass is 498 g/mol. The Labute approximate surface area is 207 Å². The van der Waals surface area contributed by atoms with E-state index in [1.807, 2.05) is 35.8 Å². The van der Waals surface area contributed by atoms with Crippen molar-refractivity contribution < 1.29 is 18.7 Å². The van der Waals surface area contributed by atoms with Gasteiger partial charge in [-0.2, -0.15) is 0 Å². The molecule has 0 atom stereocenters. The van der Waals surface area contributed by atoms with Gasteiger partial charge in [-0.1, -0.05) is 30.0 Å². The van der Waals surface area contributed by atoms with Crippen LogP contribution in [0.2, 0.25) is 0 Å². The number of rotatable bonds is 8. The molecule has 2 aromatic carbocycles. The molecule has 9 nitrogen and oxygen atoms in total. The molecule has 0 bridgehead atoms. The zero-order valence-electron chi connectivity index (χ0n) is 19.6. The topological polar surface area (TPSA) is 92.6 Å². The number of thioether (sulfide) groups is 1. The Morgan fingerprint density at radius 2 is 1.83 bits per heavy atom. The van der Waals surface area contributed by atoms with Gasteiger partial charge in [-0.25, -0.2) is 4.39 Å². The number of para-hydroxylation sites is 1. The highest BCUT2D eigenvalue weighted by Crippen LogP contribution is 2.29. The van der Waals surface area contributed by atoms with E-state index in [2.05, 4.69) is 20.4 Å². The van der Waals surface area contributed by atoms with Gasteiger partial charge in [-0.15, -0.1) is 10.2 Å². The maximum atomic E-state index is 13.0. The van der Waals surface area contributed by atoms with E-state index in [0.717, 1.165) is 11.3 Å². The lowest BCUT2D eigenvalue weighted by Gasteiger charge is -2.28. The molecular weight excluding hydrogens is 471 g/mol. The van der Waals surface area contributed by atoms with E-state index >= 15 is 0 Å². The summed E-state index contributed by atoms with van der Waals surface area (Å²) in [4.78, 5) is 28.5. The molecule has 0 spiro atoms. The minimum absolute atomic E-state index is 0.0907. The standard InChI is InChI=1S/C24H27FN6O3S/c1-17-5-3-4-6-20(17)31-23(30-11-13-34-14-12-30)27-28-24(31)35-16-22(33)29(2)15-21(32)26-19-9-7-18(25)8-10-19/h3-10H,11-16H2,1-2H3,(H,26,32). The molecule has 0 saturated carbocycles. The van der Waals surface area contributed by atoms with Crippen LogP contribution in [-0.4, -0.2) is 77.1 Å². The van der Waals surface area contributed by atoms with Crippen molar-refractivity contribution in [3.05, 3.63) is 59.9 Å². The highest BCUT2D eigenvalue weighted by Gasteiger charge is 2.23. The largest absolute Gasteiger partial charge is 0.378 e. The lowest BCUT2D eigenvalue weighted by atomic mass is 10.2. The summed E-state index contributed by atoms with van der Waals surface area (Å²) in [5, 5.41) is 12.1. The van der Waals surface area contributed by atoms with Gasteiger partial charge in [0.25, 0.3) is 0 Å². The molecule has 1 N–H and O–H groups in total. The molecule has 0 radical (unpaired) electrons. The second-order valence-corrected chi connectivity index (χ2v) is 9.04. The van der Waals surface area contributed by atoms with Crippen molar-refractivity contribution in [3.8, 4) is 5.69 Å². The highest BCUT2D eigenvalue weighted by atomic mass is 32.2. The van der Waals surface area contributed by atoms with E-state index in [-0.39, 0.29) is 29.9 Å². The second-order valence-electron chi connectivity index (χ2n) is 8.10. The molecule has 2 amide bonds. The number of amides is 2. The van der Waals surface area contributed by atoms with Gasteiger partial charge in [0.15, 0.2) is 5.16 Å². The third-order valence-electron chi connectivity index (χ3n) is 5.53. The van der Waals surface area contributed by atoms with Gasteiger partial charge < -0.3 is 19.9 Å². The number of anilines is 2. The second kappa shape index (κ2) is 11.3. The van der Waals surface area contributed by atoms with E-state index in [4.69, 9.17) is 4.74 Å². The molecule has 1 aliphatic heterocycles. The molecule has 1 fully saturated rings. The van der Waals surface area contributed by atoms with Crippen LogP contribution in [0.15, 0.2) is 53.7 Å². The predicted octanol–water partition coefficient (Wildman–Crippen LogP) is 2.74. The van der Waals surface area contributed by atoms with Crippen LogP contribution < -0.4 is 10.2 Å².